The summed E-state index contributed by atoms with van der Waals surface area (Å²) < 4.78 is 26.4. The van der Waals surface area contributed by atoms with Crippen molar-refractivity contribution in [2.45, 2.75) is 11.4 Å². The van der Waals surface area contributed by atoms with Crippen molar-refractivity contribution in [2.24, 2.45) is 0 Å². The Bertz CT molecular complexity index is 943. The van der Waals surface area contributed by atoms with Crippen LogP contribution in [0.25, 0.3) is 0 Å². The van der Waals surface area contributed by atoms with Gasteiger partial charge < -0.3 is 4.90 Å². The molecular weight excluding hydrogens is 374 g/mol. The Hall–Kier alpha value is -2.66. The van der Waals surface area contributed by atoms with Gasteiger partial charge in [-0.3, -0.25) is 9.69 Å². The fourth-order valence-corrected chi connectivity index (χ4v) is 4.06. The molecule has 1 fully saturated rings. The Morgan fingerprint density at radius 2 is 1.64 bits per heavy atom. The average molecular weight is 398 g/mol. The van der Waals surface area contributed by atoms with Gasteiger partial charge in [-0.25, -0.2) is 8.42 Å². The maximum atomic E-state index is 12.7. The van der Waals surface area contributed by atoms with E-state index in [9.17, 15) is 13.2 Å². The van der Waals surface area contributed by atoms with Crippen molar-refractivity contribution in [3.63, 3.8) is 0 Å². The van der Waals surface area contributed by atoms with Gasteiger partial charge in [0.1, 0.15) is 0 Å². The molecule has 28 heavy (non-hydrogen) atoms. The van der Waals surface area contributed by atoms with E-state index in [1.54, 1.807) is 12.1 Å². The van der Waals surface area contributed by atoms with Gasteiger partial charge in [-0.15, -0.1) is 6.42 Å². The molecule has 1 saturated heterocycles. The number of piperazine rings is 1. The Labute approximate surface area is 166 Å². The second-order valence-electron chi connectivity index (χ2n) is 6.61. The van der Waals surface area contributed by atoms with E-state index in [0.29, 0.717) is 18.7 Å². The summed E-state index contributed by atoms with van der Waals surface area (Å²) in [4.78, 5) is 16.9. The molecule has 0 aromatic heterocycles. The molecule has 1 N–H and O–H groups in total. The van der Waals surface area contributed by atoms with Gasteiger partial charge in [0.05, 0.1) is 11.4 Å². The van der Waals surface area contributed by atoms with Crippen molar-refractivity contribution < 1.29 is 13.2 Å². The maximum absolute atomic E-state index is 12.7. The molecule has 0 radical (unpaired) electrons. The Morgan fingerprint density at radius 3 is 2.25 bits per heavy atom. The van der Waals surface area contributed by atoms with Gasteiger partial charge >= 0.3 is 0 Å². The maximum Gasteiger partial charge on any atom is 0.253 e. The molecule has 6 nitrogen and oxygen atoms in total. The summed E-state index contributed by atoms with van der Waals surface area (Å²) in [5, 5.41) is 0. The Balaban J connectivity index is 1.57. The number of benzene rings is 2. The summed E-state index contributed by atoms with van der Waals surface area (Å²) in [6, 6.07) is 16.2. The Kier molecular flexibility index (Phi) is 6.47. The van der Waals surface area contributed by atoms with E-state index in [2.05, 4.69) is 27.7 Å². The monoisotopic (exact) mass is 397 g/mol. The number of carbonyl (C=O) groups is 1. The lowest BCUT2D eigenvalue weighted by molar-refractivity contribution is 0.0628. The van der Waals surface area contributed by atoms with Gasteiger partial charge in [0, 0.05) is 38.3 Å². The van der Waals surface area contributed by atoms with Crippen molar-refractivity contribution in [3.05, 3.63) is 65.7 Å². The van der Waals surface area contributed by atoms with Gasteiger partial charge in [-0.1, -0.05) is 36.3 Å². The molecule has 146 valence electrons. The summed E-state index contributed by atoms with van der Waals surface area (Å²) in [5.74, 6) is 2.15. The van der Waals surface area contributed by atoms with Crippen LogP contribution < -0.4 is 4.72 Å². The van der Waals surface area contributed by atoms with Gasteiger partial charge in [0.2, 0.25) is 10.0 Å². The minimum atomic E-state index is -3.65. The number of nitrogens with one attached hydrogen (secondary N) is 1. The zero-order chi connectivity index (χ0) is 20.0. The highest BCUT2D eigenvalue weighted by atomic mass is 32.2. The van der Waals surface area contributed by atoms with Crippen LogP contribution in [0.2, 0.25) is 0 Å². The van der Waals surface area contributed by atoms with Crippen LogP contribution in [-0.4, -0.2) is 56.8 Å². The SMILES string of the molecule is C#CCNS(=O)(=O)c1ccc(C(=O)N2CCN(Cc3ccccc3)CC2)cc1. The summed E-state index contributed by atoms with van der Waals surface area (Å²) in [6.45, 7) is 3.72. The molecule has 1 heterocycles. The number of terminal acetylenes is 1. The van der Waals surface area contributed by atoms with Crippen molar-refractivity contribution in [1.82, 2.24) is 14.5 Å². The van der Waals surface area contributed by atoms with Crippen molar-refractivity contribution in [3.8, 4) is 12.3 Å². The molecular formula is C21H23N3O3S. The zero-order valence-electron chi connectivity index (χ0n) is 15.5. The summed E-state index contributed by atoms with van der Waals surface area (Å²) >= 11 is 0. The molecule has 2 aromatic carbocycles. The first kappa shape index (κ1) is 20.1. The van der Waals surface area contributed by atoms with Crippen molar-refractivity contribution in [1.29, 1.82) is 0 Å². The molecule has 7 heteroatoms. The average Bonchev–Trinajstić information content (AvgIpc) is 2.73. The van der Waals surface area contributed by atoms with Crippen LogP contribution in [0.5, 0.6) is 0 Å². The molecule has 1 aliphatic heterocycles. The number of sulfonamides is 1. The van der Waals surface area contributed by atoms with Crippen LogP contribution in [0.1, 0.15) is 15.9 Å². The number of carbonyl (C=O) groups excluding carboxylic acids is 1. The summed E-state index contributed by atoms with van der Waals surface area (Å²) in [6.07, 6.45) is 5.08. The fourth-order valence-electron chi connectivity index (χ4n) is 3.13. The first-order valence-corrected chi connectivity index (χ1v) is 10.6. The van der Waals surface area contributed by atoms with Gasteiger partial charge in [0.25, 0.3) is 5.91 Å². The normalized spacial score (nSPS) is 15.2. The highest BCUT2D eigenvalue weighted by molar-refractivity contribution is 7.89. The lowest BCUT2D eigenvalue weighted by Gasteiger charge is -2.34. The Morgan fingerprint density at radius 1 is 1.00 bits per heavy atom. The number of rotatable bonds is 6. The molecule has 1 amide bonds. The topological polar surface area (TPSA) is 69.7 Å². The molecule has 0 bridgehead atoms. The van der Waals surface area contributed by atoms with Crippen molar-refractivity contribution >= 4 is 15.9 Å². The molecule has 0 aliphatic carbocycles. The van der Waals surface area contributed by atoms with E-state index in [1.807, 2.05) is 23.1 Å². The first-order valence-electron chi connectivity index (χ1n) is 9.08. The lowest BCUT2D eigenvalue weighted by atomic mass is 10.1. The third kappa shape index (κ3) is 4.98. The minimum absolute atomic E-state index is 0.0731. The predicted octanol–water partition coefficient (Wildman–Crippen LogP) is 1.56. The smallest absolute Gasteiger partial charge is 0.253 e. The van der Waals surface area contributed by atoms with Crippen LogP contribution >= 0.6 is 0 Å². The minimum Gasteiger partial charge on any atom is -0.336 e. The summed E-state index contributed by atoms with van der Waals surface area (Å²) in [7, 11) is -3.65. The first-order chi connectivity index (χ1) is 13.5. The van der Waals surface area contributed by atoms with Crippen LogP contribution in [0.15, 0.2) is 59.5 Å². The summed E-state index contributed by atoms with van der Waals surface area (Å²) in [5.41, 5.74) is 1.74. The van der Waals surface area contributed by atoms with Gasteiger partial charge in [-0.05, 0) is 29.8 Å². The van der Waals surface area contributed by atoms with E-state index in [4.69, 9.17) is 6.42 Å². The number of nitrogens with zero attached hydrogens (tertiary/aromatic N) is 2. The van der Waals surface area contributed by atoms with Gasteiger partial charge in [-0.2, -0.15) is 4.72 Å². The highest BCUT2D eigenvalue weighted by Gasteiger charge is 2.22. The molecule has 0 saturated carbocycles. The molecule has 1 aliphatic rings. The van der Waals surface area contributed by atoms with Crippen molar-refractivity contribution in [2.75, 3.05) is 32.7 Å². The van der Waals surface area contributed by atoms with Gasteiger partial charge in [0.15, 0.2) is 0 Å². The van der Waals surface area contributed by atoms with Crippen LogP contribution in [0.4, 0.5) is 0 Å². The number of hydrogen-bond acceptors (Lipinski definition) is 4. The van der Waals surface area contributed by atoms with E-state index in [1.165, 1.54) is 17.7 Å². The third-order valence-electron chi connectivity index (χ3n) is 4.68. The molecule has 2 aromatic rings. The highest BCUT2D eigenvalue weighted by Crippen LogP contribution is 2.14. The largest absolute Gasteiger partial charge is 0.336 e. The second kappa shape index (κ2) is 9.02. The quantitative estimate of drug-likeness (QED) is 0.751. The van der Waals surface area contributed by atoms with E-state index < -0.39 is 10.0 Å². The van der Waals surface area contributed by atoms with E-state index in [0.717, 1.165) is 19.6 Å². The van der Waals surface area contributed by atoms with Crippen LogP contribution in [0.3, 0.4) is 0 Å². The molecule has 0 spiro atoms. The molecule has 0 unspecified atom stereocenters. The molecule has 0 atom stereocenters. The lowest BCUT2D eigenvalue weighted by Crippen LogP contribution is -2.48. The van der Waals surface area contributed by atoms with E-state index in [-0.39, 0.29) is 17.3 Å². The van der Waals surface area contributed by atoms with Crippen LogP contribution in [-0.2, 0) is 16.6 Å². The standard InChI is InChI=1S/C21H23N3O3S/c1-2-12-22-28(26,27)20-10-8-19(9-11-20)21(25)24-15-13-23(14-16-24)17-18-6-4-3-5-7-18/h1,3-11,22H,12-17H2. The third-order valence-corrected chi connectivity index (χ3v) is 6.10. The fraction of sp³-hybridized carbons (Fsp3) is 0.286. The van der Waals surface area contributed by atoms with Crippen LogP contribution in [0, 0.1) is 12.3 Å². The second-order valence-corrected chi connectivity index (χ2v) is 8.37. The molecule has 3 rings (SSSR count). The van der Waals surface area contributed by atoms with E-state index >= 15 is 0 Å². The number of hydrogen-bond donors (Lipinski definition) is 1. The predicted molar refractivity (Wildman–Crippen MR) is 108 cm³/mol. The number of amides is 1. The zero-order valence-corrected chi connectivity index (χ0v) is 16.4.